The van der Waals surface area contributed by atoms with Crippen LogP contribution in [0.1, 0.15) is 26.2 Å². The summed E-state index contributed by atoms with van der Waals surface area (Å²) in [5, 5.41) is 5.59. The molecule has 7 nitrogen and oxygen atoms in total. The quantitative estimate of drug-likeness (QED) is 0.806. The van der Waals surface area contributed by atoms with Gasteiger partial charge in [-0.15, -0.1) is 0 Å². The summed E-state index contributed by atoms with van der Waals surface area (Å²) in [6, 6.07) is 9.13. The zero-order chi connectivity index (χ0) is 21.1. The second kappa shape index (κ2) is 8.39. The first kappa shape index (κ1) is 20.3. The average molecular weight is 412 g/mol. The number of rotatable bonds is 3. The number of halogens is 1. The fourth-order valence-corrected chi connectivity index (χ4v) is 4.28. The van der Waals surface area contributed by atoms with E-state index in [-0.39, 0.29) is 17.9 Å². The first-order valence-electron chi connectivity index (χ1n) is 10.2. The van der Waals surface area contributed by atoms with Crippen LogP contribution in [0.2, 0.25) is 0 Å². The Labute approximate surface area is 174 Å². The molecular formula is C22H25FN4O3. The molecule has 3 amide bonds. The van der Waals surface area contributed by atoms with E-state index in [9.17, 15) is 14.0 Å². The molecule has 158 valence electrons. The van der Waals surface area contributed by atoms with E-state index in [0.29, 0.717) is 37.3 Å². The van der Waals surface area contributed by atoms with Crippen molar-refractivity contribution in [2.75, 3.05) is 23.7 Å². The topological polar surface area (TPSA) is 83.6 Å². The molecule has 3 atom stereocenters. The lowest BCUT2D eigenvalue weighted by Gasteiger charge is -2.44. The van der Waals surface area contributed by atoms with Crippen LogP contribution >= 0.6 is 0 Å². The molecule has 2 fully saturated rings. The van der Waals surface area contributed by atoms with Gasteiger partial charge in [-0.3, -0.25) is 9.78 Å². The zero-order valence-electron chi connectivity index (χ0n) is 16.8. The fraction of sp³-hybridized carbons (Fsp3) is 0.409. The summed E-state index contributed by atoms with van der Waals surface area (Å²) < 4.78 is 19.6. The van der Waals surface area contributed by atoms with Crippen molar-refractivity contribution in [2.45, 2.75) is 37.9 Å². The van der Waals surface area contributed by atoms with E-state index in [2.05, 4.69) is 15.6 Å². The van der Waals surface area contributed by atoms with Crippen molar-refractivity contribution < 1.29 is 18.7 Å². The summed E-state index contributed by atoms with van der Waals surface area (Å²) in [4.78, 5) is 30.9. The van der Waals surface area contributed by atoms with Crippen LogP contribution in [0.15, 0.2) is 48.8 Å². The molecule has 2 saturated heterocycles. The number of hydrogen-bond acceptors (Lipinski definition) is 4. The Kier molecular flexibility index (Phi) is 5.67. The third kappa shape index (κ3) is 4.28. The van der Waals surface area contributed by atoms with Crippen LogP contribution in [0.5, 0.6) is 0 Å². The number of carbonyl (C=O) groups excluding carboxylic acids is 2. The number of nitrogens with zero attached hydrogens (tertiary/aromatic N) is 2. The molecule has 0 saturated carbocycles. The number of amides is 3. The van der Waals surface area contributed by atoms with Crippen LogP contribution in [0.4, 0.5) is 20.6 Å². The molecule has 0 bridgehead atoms. The van der Waals surface area contributed by atoms with Crippen molar-refractivity contribution in [1.29, 1.82) is 0 Å². The van der Waals surface area contributed by atoms with Crippen molar-refractivity contribution in [2.24, 2.45) is 5.92 Å². The number of pyridine rings is 1. The molecule has 2 aromatic rings. The van der Waals surface area contributed by atoms with Gasteiger partial charge in [-0.05, 0) is 49.6 Å². The molecular weight excluding hydrogens is 387 g/mol. The first-order chi connectivity index (χ1) is 14.4. The number of hydrogen-bond donors (Lipinski definition) is 2. The molecule has 1 spiro atoms. The Morgan fingerprint density at radius 1 is 1.20 bits per heavy atom. The maximum Gasteiger partial charge on any atom is 0.321 e. The zero-order valence-corrected chi connectivity index (χ0v) is 16.8. The molecule has 2 aliphatic rings. The smallest absolute Gasteiger partial charge is 0.321 e. The molecule has 8 heteroatoms. The molecule has 1 aromatic heterocycles. The molecule has 0 aliphatic carbocycles. The van der Waals surface area contributed by atoms with Crippen molar-refractivity contribution in [3.05, 3.63) is 54.6 Å². The van der Waals surface area contributed by atoms with E-state index in [1.807, 2.05) is 6.92 Å². The maximum atomic E-state index is 13.3. The van der Waals surface area contributed by atoms with E-state index < -0.39 is 17.5 Å². The van der Waals surface area contributed by atoms with Gasteiger partial charge in [-0.25, -0.2) is 9.18 Å². The van der Waals surface area contributed by atoms with Gasteiger partial charge in [0.15, 0.2) is 0 Å². The van der Waals surface area contributed by atoms with Crippen LogP contribution in [-0.2, 0) is 9.53 Å². The minimum absolute atomic E-state index is 0.0701. The minimum atomic E-state index is -0.514. The van der Waals surface area contributed by atoms with Crippen molar-refractivity contribution in [1.82, 2.24) is 9.88 Å². The highest BCUT2D eigenvalue weighted by molar-refractivity contribution is 5.94. The number of likely N-dealkylation sites (tertiary alicyclic amines) is 1. The Morgan fingerprint density at radius 2 is 2.03 bits per heavy atom. The average Bonchev–Trinajstić information content (AvgIpc) is 3.16. The number of benzene rings is 1. The summed E-state index contributed by atoms with van der Waals surface area (Å²) >= 11 is 0. The monoisotopic (exact) mass is 412 g/mol. The van der Waals surface area contributed by atoms with Gasteiger partial charge >= 0.3 is 6.03 Å². The van der Waals surface area contributed by atoms with Crippen molar-refractivity contribution >= 4 is 23.3 Å². The van der Waals surface area contributed by atoms with Crippen LogP contribution in [0, 0.1) is 11.7 Å². The Bertz CT molecular complexity index is 926. The SMILES string of the molecule is C[C@@H]1CN(C(=O)Nc2cccc(F)c2)CC[C@]12CC[C@@H](C(=O)Nc1cccnc1)O2. The van der Waals surface area contributed by atoms with Crippen molar-refractivity contribution in [3.63, 3.8) is 0 Å². The number of ether oxygens (including phenoxy) is 1. The lowest BCUT2D eigenvalue weighted by Crippen LogP contribution is -2.53. The normalized spacial score (nSPS) is 25.9. The summed E-state index contributed by atoms with van der Waals surface area (Å²) in [6.45, 7) is 3.07. The van der Waals surface area contributed by atoms with E-state index in [1.54, 1.807) is 41.6 Å². The molecule has 30 heavy (non-hydrogen) atoms. The third-order valence-electron chi connectivity index (χ3n) is 5.99. The summed E-state index contributed by atoms with van der Waals surface area (Å²) in [5.74, 6) is -0.493. The van der Waals surface area contributed by atoms with Crippen LogP contribution < -0.4 is 10.6 Å². The van der Waals surface area contributed by atoms with Crippen LogP contribution in [-0.4, -0.2) is 46.6 Å². The Balaban J connectivity index is 1.34. The van der Waals surface area contributed by atoms with Gasteiger partial charge in [0, 0.05) is 30.9 Å². The summed E-state index contributed by atoms with van der Waals surface area (Å²) in [6.07, 6.45) is 4.81. The molecule has 0 unspecified atom stereocenters. The van der Waals surface area contributed by atoms with Gasteiger partial charge in [0.25, 0.3) is 5.91 Å². The number of urea groups is 1. The summed E-state index contributed by atoms with van der Waals surface area (Å²) in [5.41, 5.74) is 0.660. The number of carbonyl (C=O) groups is 2. The molecule has 2 N–H and O–H groups in total. The highest BCUT2D eigenvalue weighted by Gasteiger charge is 2.49. The molecule has 0 radical (unpaired) electrons. The molecule has 4 rings (SSSR count). The molecule has 2 aliphatic heterocycles. The predicted octanol–water partition coefficient (Wildman–Crippen LogP) is 3.65. The second-order valence-corrected chi connectivity index (χ2v) is 7.98. The van der Waals surface area contributed by atoms with Gasteiger partial charge in [0.1, 0.15) is 11.9 Å². The van der Waals surface area contributed by atoms with Gasteiger partial charge in [0.2, 0.25) is 0 Å². The van der Waals surface area contributed by atoms with Crippen LogP contribution in [0.25, 0.3) is 0 Å². The highest BCUT2D eigenvalue weighted by Crippen LogP contribution is 2.42. The number of anilines is 2. The van der Waals surface area contributed by atoms with E-state index in [0.717, 1.165) is 6.42 Å². The lowest BCUT2D eigenvalue weighted by molar-refractivity contribution is -0.141. The first-order valence-corrected chi connectivity index (χ1v) is 10.2. The van der Waals surface area contributed by atoms with E-state index in [4.69, 9.17) is 4.74 Å². The fourth-order valence-electron chi connectivity index (χ4n) is 4.28. The largest absolute Gasteiger partial charge is 0.362 e. The van der Waals surface area contributed by atoms with Gasteiger partial charge in [0.05, 0.1) is 17.5 Å². The standard InChI is InChI=1S/C22H25FN4O3/c1-15-14-27(21(29)26-17-5-2-4-16(23)12-17)11-9-22(15)8-7-19(30-22)20(28)25-18-6-3-10-24-13-18/h2-6,10,12-13,15,19H,7-9,11,14H2,1H3,(H,25,28)(H,26,29)/t15-,19+,22-/m1/s1. The van der Waals surface area contributed by atoms with Gasteiger partial charge < -0.3 is 20.3 Å². The predicted molar refractivity (Wildman–Crippen MR) is 110 cm³/mol. The maximum absolute atomic E-state index is 13.3. The third-order valence-corrected chi connectivity index (χ3v) is 5.99. The van der Waals surface area contributed by atoms with Gasteiger partial charge in [-0.2, -0.15) is 0 Å². The number of nitrogens with one attached hydrogen (secondary N) is 2. The summed E-state index contributed by atoms with van der Waals surface area (Å²) in [7, 11) is 0. The highest BCUT2D eigenvalue weighted by atomic mass is 19.1. The lowest BCUT2D eigenvalue weighted by atomic mass is 9.80. The second-order valence-electron chi connectivity index (χ2n) is 7.98. The molecule has 1 aromatic carbocycles. The Morgan fingerprint density at radius 3 is 2.77 bits per heavy atom. The minimum Gasteiger partial charge on any atom is -0.362 e. The molecule has 3 heterocycles. The Hall–Kier alpha value is -3.00. The van der Waals surface area contributed by atoms with E-state index in [1.165, 1.54) is 12.1 Å². The van der Waals surface area contributed by atoms with E-state index >= 15 is 0 Å². The van der Waals surface area contributed by atoms with Gasteiger partial charge in [-0.1, -0.05) is 13.0 Å². The van der Waals surface area contributed by atoms with Crippen molar-refractivity contribution in [3.8, 4) is 0 Å². The number of piperidine rings is 1. The van der Waals surface area contributed by atoms with Crippen LogP contribution in [0.3, 0.4) is 0 Å². The number of aromatic nitrogens is 1.